The molecule has 2 aromatic rings. The van der Waals surface area contributed by atoms with Crippen molar-refractivity contribution in [1.82, 2.24) is 0 Å². The minimum atomic E-state index is -1.62. The smallest absolute Gasteiger partial charge is 1.00 e. The molecular formula is C17H16Cl2NO2SiTi. The fourth-order valence-electron chi connectivity index (χ4n) is 3.89. The molecule has 1 amide bonds. The molecule has 0 fully saturated rings. The van der Waals surface area contributed by atoms with E-state index in [2.05, 4.69) is 69.2 Å². The van der Waals surface area contributed by atoms with Gasteiger partial charge in [-0.2, -0.15) is 0 Å². The third kappa shape index (κ3) is 2.44. The second kappa shape index (κ2) is 6.60. The third-order valence-corrected chi connectivity index (χ3v) is 9.37. The van der Waals surface area contributed by atoms with Gasteiger partial charge < -0.3 is 24.8 Å². The second-order valence-electron chi connectivity index (χ2n) is 6.49. The van der Waals surface area contributed by atoms with Crippen LogP contribution in [0.3, 0.4) is 0 Å². The van der Waals surface area contributed by atoms with Crippen LogP contribution in [0.5, 0.6) is 0 Å². The average molecular weight is 413 g/mol. The number of benzene rings is 2. The Morgan fingerprint density at radius 2 is 1.92 bits per heavy atom. The van der Waals surface area contributed by atoms with Crippen LogP contribution >= 0.6 is 0 Å². The number of fused-ring (bicyclic) bond motifs is 1. The van der Waals surface area contributed by atoms with Crippen molar-refractivity contribution in [2.24, 2.45) is 0 Å². The summed E-state index contributed by atoms with van der Waals surface area (Å²) < 4.78 is 0.368. The van der Waals surface area contributed by atoms with Crippen molar-refractivity contribution in [3.05, 3.63) is 41.5 Å². The Kier molecular flexibility index (Phi) is 5.42. The minimum Gasteiger partial charge on any atom is -1.00 e. The van der Waals surface area contributed by atoms with Crippen LogP contribution in [0.4, 0.5) is 5.69 Å². The average Bonchev–Trinajstić information content (AvgIpc) is 2.80. The molecule has 0 saturated carbocycles. The molecule has 3 nitrogen and oxygen atoms in total. The van der Waals surface area contributed by atoms with Gasteiger partial charge in [-0.1, -0.05) is 0 Å². The summed E-state index contributed by atoms with van der Waals surface area (Å²) in [4.78, 5) is 11.6. The van der Waals surface area contributed by atoms with E-state index in [9.17, 15) is 4.79 Å². The van der Waals surface area contributed by atoms with E-state index in [4.69, 9.17) is 5.11 Å². The summed E-state index contributed by atoms with van der Waals surface area (Å²) >= 11 is 2.25. The summed E-state index contributed by atoms with van der Waals surface area (Å²) in [5.41, 5.74) is 6.40. The summed E-state index contributed by atoms with van der Waals surface area (Å²) in [6.45, 7) is 4.21. The third-order valence-electron chi connectivity index (χ3n) is 4.92. The molecule has 7 heteroatoms. The SMILES string of the molecule is C[Si]1(C)c2cc3c(c1c2NC(=O)CO)[CH]([Ti+2])c1ccccc1-3.[Cl-].[Cl-]. The number of hydrogen-bond acceptors (Lipinski definition) is 2. The van der Waals surface area contributed by atoms with Crippen LogP contribution in [0, 0.1) is 0 Å². The zero-order valence-corrected chi connectivity index (χ0v) is 17.4. The van der Waals surface area contributed by atoms with Crippen LogP contribution in [0.2, 0.25) is 13.1 Å². The van der Waals surface area contributed by atoms with E-state index in [0.717, 1.165) is 5.69 Å². The van der Waals surface area contributed by atoms with Gasteiger partial charge in [0, 0.05) is 0 Å². The Bertz CT molecular complexity index is 842. The van der Waals surface area contributed by atoms with Crippen LogP contribution in [0.1, 0.15) is 15.3 Å². The number of aliphatic hydroxyl groups is 1. The molecule has 0 aromatic heterocycles. The maximum Gasteiger partial charge on any atom is -1.00 e. The van der Waals surface area contributed by atoms with E-state index in [-0.39, 0.29) is 30.7 Å². The molecule has 5 rings (SSSR count). The zero-order chi connectivity index (χ0) is 15.6. The fraction of sp³-hybridized carbons (Fsp3) is 0.235. The first kappa shape index (κ1) is 19.7. The van der Waals surface area contributed by atoms with E-state index >= 15 is 0 Å². The molecule has 0 saturated heterocycles. The minimum absolute atomic E-state index is 0. The van der Waals surface area contributed by atoms with Crippen molar-refractivity contribution in [2.45, 2.75) is 17.3 Å². The Labute approximate surface area is 166 Å². The molecular weight excluding hydrogens is 397 g/mol. The summed E-state index contributed by atoms with van der Waals surface area (Å²) in [6.07, 6.45) is 0. The molecule has 1 atom stereocenters. The number of carbonyl (C=O) groups is 1. The van der Waals surface area contributed by atoms with Gasteiger partial charge in [-0.3, -0.25) is 0 Å². The monoisotopic (exact) mass is 412 g/mol. The number of carbonyl (C=O) groups excluding carboxylic acids is 1. The molecule has 2 N–H and O–H groups in total. The molecule has 1 unspecified atom stereocenters. The Balaban J connectivity index is 0.00000104. The molecule has 0 spiro atoms. The molecule has 24 heavy (non-hydrogen) atoms. The van der Waals surface area contributed by atoms with Crippen LogP contribution in [-0.4, -0.2) is 25.7 Å². The summed E-state index contributed by atoms with van der Waals surface area (Å²) in [7, 11) is -1.62. The van der Waals surface area contributed by atoms with Crippen molar-refractivity contribution in [1.29, 1.82) is 0 Å². The van der Waals surface area contributed by atoms with Crippen molar-refractivity contribution < 1.29 is 55.2 Å². The molecule has 123 valence electrons. The van der Waals surface area contributed by atoms with Gasteiger partial charge >= 0.3 is 142 Å². The van der Waals surface area contributed by atoms with Gasteiger partial charge in [0.1, 0.15) is 0 Å². The molecule has 0 radical (unpaired) electrons. The molecule has 1 aliphatic carbocycles. The first-order valence-electron chi connectivity index (χ1n) is 7.39. The number of hydrogen-bond donors (Lipinski definition) is 2. The van der Waals surface area contributed by atoms with Crippen molar-refractivity contribution >= 4 is 30.0 Å². The van der Waals surface area contributed by atoms with Crippen molar-refractivity contribution in [2.75, 3.05) is 11.9 Å². The van der Waals surface area contributed by atoms with E-state index < -0.39 is 14.7 Å². The summed E-state index contributed by atoms with van der Waals surface area (Å²) in [6, 6.07) is 10.9. The van der Waals surface area contributed by atoms with Gasteiger partial charge in [0.05, 0.1) is 0 Å². The normalized spacial score (nSPS) is 17.6. The van der Waals surface area contributed by atoms with Gasteiger partial charge in [-0.15, -0.1) is 0 Å². The molecule has 2 aliphatic heterocycles. The maximum absolute atomic E-state index is 11.6. The largest absolute Gasteiger partial charge is 1.00 e. The number of anilines is 1. The Morgan fingerprint density at radius 3 is 2.58 bits per heavy atom. The number of amides is 1. The van der Waals surface area contributed by atoms with Crippen molar-refractivity contribution in [3.8, 4) is 11.1 Å². The molecule has 2 aromatic carbocycles. The molecule has 2 bridgehead atoms. The number of halogens is 2. The predicted octanol–water partition coefficient (Wildman–Crippen LogP) is -4.62. The van der Waals surface area contributed by atoms with Gasteiger partial charge in [-0.25, -0.2) is 0 Å². The Hall–Kier alpha value is -0.619. The Morgan fingerprint density at radius 1 is 1.25 bits per heavy atom. The van der Waals surface area contributed by atoms with E-state index in [1.807, 2.05) is 0 Å². The topological polar surface area (TPSA) is 49.3 Å². The van der Waals surface area contributed by atoms with Crippen LogP contribution in [0.15, 0.2) is 30.3 Å². The van der Waals surface area contributed by atoms with Gasteiger partial charge in [0.15, 0.2) is 0 Å². The van der Waals surface area contributed by atoms with Gasteiger partial charge in [0.25, 0.3) is 0 Å². The quantitative estimate of drug-likeness (QED) is 0.487. The summed E-state index contributed by atoms with van der Waals surface area (Å²) in [5.74, 6) is -0.324. The first-order chi connectivity index (χ1) is 10.5. The van der Waals surface area contributed by atoms with Gasteiger partial charge in [0.2, 0.25) is 0 Å². The maximum atomic E-state index is 11.6. The number of nitrogens with one attached hydrogen (secondary N) is 1. The molecule has 2 heterocycles. The first-order valence-corrected chi connectivity index (χ1v) is 11.3. The van der Waals surface area contributed by atoms with E-state index in [1.54, 1.807) is 0 Å². The van der Waals surface area contributed by atoms with Crippen LogP contribution in [-0.2, 0) is 25.2 Å². The van der Waals surface area contributed by atoms with E-state index in [0.29, 0.717) is 4.22 Å². The van der Waals surface area contributed by atoms with E-state index in [1.165, 1.54) is 32.6 Å². The standard InChI is InChI=1S/C17H16NO2Si.2ClH.Ti/c1-21(2)14-8-12-11-6-4-3-5-10(11)7-13(12)17(21)16(14)18-15(20)9-19;;;/h3-8,19H,9H2,1-2H3,(H,18,20);2*1H;/q;;;+2/p-2. The van der Waals surface area contributed by atoms with Crippen LogP contribution in [0.25, 0.3) is 11.1 Å². The second-order valence-corrected chi connectivity index (χ2v) is 11.7. The predicted molar refractivity (Wildman–Crippen MR) is 86.2 cm³/mol. The van der Waals surface area contributed by atoms with Crippen LogP contribution < -0.4 is 40.5 Å². The number of aliphatic hydroxyl groups excluding tert-OH is 1. The van der Waals surface area contributed by atoms with Gasteiger partial charge in [-0.05, 0) is 0 Å². The zero-order valence-electron chi connectivity index (χ0n) is 13.3. The summed E-state index contributed by atoms with van der Waals surface area (Å²) in [5, 5.41) is 14.6. The fourth-order valence-corrected chi connectivity index (χ4v) is 8.15. The molecule has 3 aliphatic rings. The number of rotatable bonds is 2. The van der Waals surface area contributed by atoms with Crippen molar-refractivity contribution in [3.63, 3.8) is 0 Å².